The molecule has 11 heteroatoms. The minimum atomic E-state index is -0.979. The number of carbonyl (C=O) groups excluding carboxylic acids is 2. The predicted octanol–water partition coefficient (Wildman–Crippen LogP) is 3.05. The number of nitrogens with one attached hydrogen (secondary N) is 2. The van der Waals surface area contributed by atoms with Gasteiger partial charge in [0.1, 0.15) is 28.1 Å². The number of amides is 1. The molecule has 3 rings (SSSR count). The van der Waals surface area contributed by atoms with Crippen molar-refractivity contribution in [1.82, 2.24) is 20.2 Å². The predicted molar refractivity (Wildman–Crippen MR) is 119 cm³/mol. The summed E-state index contributed by atoms with van der Waals surface area (Å²) in [5.41, 5.74) is 5.49. The number of nitrogens with zero attached hydrogens (tertiary/aromatic N) is 3. The number of aromatic nitrogens is 2. The van der Waals surface area contributed by atoms with E-state index >= 15 is 0 Å². The van der Waals surface area contributed by atoms with Gasteiger partial charge < -0.3 is 21.3 Å². The normalized spacial score (nSPS) is 11.9. The molecule has 0 saturated carbocycles. The summed E-state index contributed by atoms with van der Waals surface area (Å²) in [6.07, 6.45) is 1.40. The third kappa shape index (κ3) is 5.42. The summed E-state index contributed by atoms with van der Waals surface area (Å²) >= 11 is 0.845. The minimum Gasteiger partial charge on any atom is -0.382 e. The summed E-state index contributed by atoms with van der Waals surface area (Å²) in [5, 5.41) is 5.96. The van der Waals surface area contributed by atoms with E-state index < -0.39 is 23.0 Å². The Kier molecular flexibility index (Phi) is 7.11. The van der Waals surface area contributed by atoms with Crippen LogP contribution in [0.15, 0.2) is 36.5 Å². The molecule has 0 aliphatic heterocycles. The van der Waals surface area contributed by atoms with Gasteiger partial charge in [-0.2, -0.15) is 0 Å². The van der Waals surface area contributed by atoms with Gasteiger partial charge in [-0.3, -0.25) is 9.59 Å². The number of rotatable bonds is 8. The van der Waals surface area contributed by atoms with Gasteiger partial charge in [-0.15, -0.1) is 0 Å². The number of likely N-dealkylation sites (N-methyl/N-ethyl adjacent to an activating group) is 1. The third-order valence-corrected chi connectivity index (χ3v) is 5.31. The van der Waals surface area contributed by atoms with Crippen molar-refractivity contribution < 1.29 is 18.4 Å². The van der Waals surface area contributed by atoms with Gasteiger partial charge in [-0.1, -0.05) is 17.4 Å². The first-order valence-corrected chi connectivity index (χ1v) is 10.4. The van der Waals surface area contributed by atoms with Crippen LogP contribution in [-0.4, -0.2) is 53.2 Å². The van der Waals surface area contributed by atoms with Crippen molar-refractivity contribution in [2.45, 2.75) is 13.0 Å². The molecule has 0 spiro atoms. The first kappa shape index (κ1) is 23.2. The van der Waals surface area contributed by atoms with Gasteiger partial charge in [-0.25, -0.2) is 18.7 Å². The van der Waals surface area contributed by atoms with Crippen LogP contribution >= 0.6 is 11.3 Å². The molecule has 0 radical (unpaired) electrons. The quantitative estimate of drug-likeness (QED) is 0.443. The van der Waals surface area contributed by atoms with Crippen LogP contribution in [-0.2, 0) is 0 Å². The van der Waals surface area contributed by atoms with E-state index in [2.05, 4.69) is 20.6 Å². The van der Waals surface area contributed by atoms with Gasteiger partial charge in [0.15, 0.2) is 5.13 Å². The van der Waals surface area contributed by atoms with E-state index in [0.29, 0.717) is 17.9 Å². The second-order valence-corrected chi connectivity index (χ2v) is 8.35. The Morgan fingerprint density at radius 1 is 1.19 bits per heavy atom. The van der Waals surface area contributed by atoms with Gasteiger partial charge in [0.2, 0.25) is 5.78 Å². The summed E-state index contributed by atoms with van der Waals surface area (Å²) in [6, 6.07) is 6.28. The molecule has 0 bridgehead atoms. The highest BCUT2D eigenvalue weighted by atomic mass is 32.1. The molecule has 0 unspecified atom stereocenters. The van der Waals surface area contributed by atoms with Crippen LogP contribution in [0.3, 0.4) is 0 Å². The number of halogens is 2. The zero-order valence-electron chi connectivity index (χ0n) is 17.6. The second kappa shape index (κ2) is 9.79. The first-order valence-electron chi connectivity index (χ1n) is 9.59. The number of nitrogen functional groups attached to an aromatic ring is 1. The molecule has 1 atom stereocenters. The molecule has 4 N–H and O–H groups in total. The number of thiazole rings is 1. The second-order valence-electron chi connectivity index (χ2n) is 7.35. The Labute approximate surface area is 187 Å². The van der Waals surface area contributed by atoms with Gasteiger partial charge in [0, 0.05) is 18.8 Å². The fraction of sp³-hybridized carbons (Fsp3) is 0.238. The number of benzene rings is 1. The van der Waals surface area contributed by atoms with E-state index in [1.54, 1.807) is 12.1 Å². The molecule has 0 fully saturated rings. The van der Waals surface area contributed by atoms with Crippen LogP contribution < -0.4 is 16.4 Å². The van der Waals surface area contributed by atoms with E-state index in [4.69, 9.17) is 5.73 Å². The molecule has 2 aromatic heterocycles. The molecular weight excluding hydrogens is 438 g/mol. The number of anilines is 3. The Morgan fingerprint density at radius 2 is 1.88 bits per heavy atom. The lowest BCUT2D eigenvalue weighted by Crippen LogP contribution is -2.39. The van der Waals surface area contributed by atoms with Gasteiger partial charge in [0.05, 0.1) is 11.1 Å². The Hall–Kier alpha value is -3.44. The molecular formula is C21H22F2N6O2S. The Morgan fingerprint density at radius 3 is 2.47 bits per heavy atom. The van der Waals surface area contributed by atoms with Crippen LogP contribution in [0.4, 0.5) is 25.5 Å². The van der Waals surface area contributed by atoms with E-state index in [-0.39, 0.29) is 27.8 Å². The van der Waals surface area contributed by atoms with E-state index in [0.717, 1.165) is 23.5 Å². The van der Waals surface area contributed by atoms with Gasteiger partial charge in [0.25, 0.3) is 5.91 Å². The van der Waals surface area contributed by atoms with E-state index in [1.807, 2.05) is 25.9 Å². The minimum absolute atomic E-state index is 0.0381. The summed E-state index contributed by atoms with van der Waals surface area (Å²) in [4.78, 5) is 34.9. The molecule has 1 amide bonds. The number of pyridine rings is 1. The maximum Gasteiger partial charge on any atom is 0.253 e. The van der Waals surface area contributed by atoms with Crippen molar-refractivity contribution in [1.29, 1.82) is 0 Å². The smallest absolute Gasteiger partial charge is 0.253 e. The maximum absolute atomic E-state index is 13.9. The molecule has 3 aromatic rings. The number of hydrogen-bond donors (Lipinski definition) is 3. The average Bonchev–Trinajstić information content (AvgIpc) is 3.07. The summed E-state index contributed by atoms with van der Waals surface area (Å²) < 4.78 is 27.9. The van der Waals surface area contributed by atoms with E-state index in [1.165, 1.54) is 12.3 Å². The highest BCUT2D eigenvalue weighted by molar-refractivity contribution is 7.18. The van der Waals surface area contributed by atoms with Crippen LogP contribution in [0.25, 0.3) is 0 Å². The standard InChI is InChI=1S/C21H22F2N6O2S/c1-11(10-29(2)3)26-20(31)12-7-8-15(25-9-12)27-21-28-19(24)18(32-21)17(30)16-13(22)5-4-6-14(16)23/h4-9,11H,10,24H2,1-3H3,(H,26,31)(H,25,27,28)/t11-/m1/s1. The monoisotopic (exact) mass is 460 g/mol. The van der Waals surface area contributed by atoms with Crippen molar-refractivity contribution in [3.63, 3.8) is 0 Å². The maximum atomic E-state index is 13.9. The van der Waals surface area contributed by atoms with Crippen LogP contribution in [0, 0.1) is 11.6 Å². The number of hydrogen-bond acceptors (Lipinski definition) is 8. The highest BCUT2D eigenvalue weighted by Gasteiger charge is 2.24. The molecule has 32 heavy (non-hydrogen) atoms. The Balaban J connectivity index is 1.71. The molecule has 1 aromatic carbocycles. The third-order valence-electron chi connectivity index (χ3n) is 4.33. The molecule has 8 nitrogen and oxygen atoms in total. The van der Waals surface area contributed by atoms with Crippen molar-refractivity contribution >= 4 is 39.8 Å². The first-order chi connectivity index (χ1) is 15.2. The SMILES string of the molecule is C[C@H](CN(C)C)NC(=O)c1ccc(Nc2nc(N)c(C(=O)c3c(F)cccc3F)s2)nc1. The summed E-state index contributed by atoms with van der Waals surface area (Å²) in [6.45, 7) is 2.60. The largest absolute Gasteiger partial charge is 0.382 e. The topological polar surface area (TPSA) is 113 Å². The molecule has 2 heterocycles. The van der Waals surface area contributed by atoms with E-state index in [9.17, 15) is 18.4 Å². The van der Waals surface area contributed by atoms with Crippen LogP contribution in [0.2, 0.25) is 0 Å². The summed E-state index contributed by atoms with van der Waals surface area (Å²) in [5.74, 6) is -2.91. The lowest BCUT2D eigenvalue weighted by molar-refractivity contribution is 0.0933. The molecule has 168 valence electrons. The molecule has 0 aliphatic carbocycles. The van der Waals surface area contributed by atoms with Crippen LogP contribution in [0.1, 0.15) is 32.5 Å². The van der Waals surface area contributed by atoms with Crippen molar-refractivity contribution in [2.75, 3.05) is 31.7 Å². The lowest BCUT2D eigenvalue weighted by Gasteiger charge is -2.18. The van der Waals surface area contributed by atoms with Crippen LogP contribution in [0.5, 0.6) is 0 Å². The summed E-state index contributed by atoms with van der Waals surface area (Å²) in [7, 11) is 3.84. The molecule has 0 aliphatic rings. The zero-order chi connectivity index (χ0) is 23.4. The van der Waals surface area contributed by atoms with Gasteiger partial charge in [-0.05, 0) is 45.3 Å². The zero-order valence-corrected chi connectivity index (χ0v) is 18.5. The van der Waals surface area contributed by atoms with Gasteiger partial charge >= 0.3 is 0 Å². The molecule has 0 saturated heterocycles. The lowest BCUT2D eigenvalue weighted by atomic mass is 10.1. The van der Waals surface area contributed by atoms with Crippen molar-refractivity contribution in [2.24, 2.45) is 0 Å². The number of ketones is 1. The fourth-order valence-corrected chi connectivity index (χ4v) is 3.83. The Bertz CT molecular complexity index is 1110. The van der Waals surface area contributed by atoms with Crippen molar-refractivity contribution in [3.05, 3.63) is 64.2 Å². The fourth-order valence-electron chi connectivity index (χ4n) is 2.99. The number of carbonyl (C=O) groups is 2. The average molecular weight is 461 g/mol. The number of nitrogens with two attached hydrogens (primary N) is 1. The highest BCUT2D eigenvalue weighted by Crippen LogP contribution is 2.30. The van der Waals surface area contributed by atoms with Crippen molar-refractivity contribution in [3.8, 4) is 0 Å².